The second-order valence-electron chi connectivity index (χ2n) is 8.77. The van der Waals surface area contributed by atoms with Gasteiger partial charge < -0.3 is 23.7 Å². The number of amides is 1. The molecule has 1 amide bonds. The number of hydrogen-bond donors (Lipinski definition) is 0. The largest absolute Gasteiger partial charge is 0.497 e. The zero-order valence-corrected chi connectivity index (χ0v) is 19.0. The van der Waals surface area contributed by atoms with Gasteiger partial charge in [-0.25, -0.2) is 0 Å². The molecule has 6 heteroatoms. The predicted molar refractivity (Wildman–Crippen MR) is 126 cm³/mol. The summed E-state index contributed by atoms with van der Waals surface area (Å²) < 4.78 is 18.5. The average molecular weight is 447 g/mol. The molecule has 1 aromatic heterocycles. The fourth-order valence-electron chi connectivity index (χ4n) is 4.84. The Morgan fingerprint density at radius 3 is 2.73 bits per heavy atom. The van der Waals surface area contributed by atoms with Crippen molar-refractivity contribution in [1.29, 1.82) is 0 Å². The number of fused-ring (bicyclic) bond motifs is 1. The quantitative estimate of drug-likeness (QED) is 0.498. The Balaban J connectivity index is 1.40. The van der Waals surface area contributed by atoms with E-state index in [1.54, 1.807) is 7.11 Å². The summed E-state index contributed by atoms with van der Waals surface area (Å²) in [7, 11) is 1.68. The van der Waals surface area contributed by atoms with E-state index in [-0.39, 0.29) is 18.7 Å². The van der Waals surface area contributed by atoms with Gasteiger partial charge in [-0.1, -0.05) is 31.4 Å². The van der Waals surface area contributed by atoms with E-state index in [0.717, 1.165) is 36.4 Å². The Bertz CT molecular complexity index is 1120. The molecule has 0 bridgehead atoms. The van der Waals surface area contributed by atoms with E-state index in [4.69, 9.17) is 14.2 Å². The Labute approximate surface area is 194 Å². The van der Waals surface area contributed by atoms with Crippen molar-refractivity contribution in [3.63, 3.8) is 0 Å². The van der Waals surface area contributed by atoms with Crippen molar-refractivity contribution >= 4 is 5.91 Å². The van der Waals surface area contributed by atoms with Gasteiger partial charge in [0.2, 0.25) is 6.79 Å². The highest BCUT2D eigenvalue weighted by molar-refractivity contribution is 5.95. The third kappa shape index (κ3) is 4.70. The highest BCUT2D eigenvalue weighted by atomic mass is 16.7. The number of ether oxygens (including phenoxy) is 3. The molecular formula is C27H30N2O4. The average Bonchev–Trinajstić information content (AvgIpc) is 3.51. The summed E-state index contributed by atoms with van der Waals surface area (Å²) >= 11 is 0. The molecule has 1 saturated carbocycles. The van der Waals surface area contributed by atoms with E-state index in [1.807, 2.05) is 30.3 Å². The van der Waals surface area contributed by atoms with Gasteiger partial charge >= 0.3 is 0 Å². The minimum absolute atomic E-state index is 0.0503. The molecule has 0 atom stereocenters. The van der Waals surface area contributed by atoms with E-state index < -0.39 is 0 Å². The predicted octanol–water partition coefficient (Wildman–Crippen LogP) is 5.25. The zero-order chi connectivity index (χ0) is 22.6. The molecule has 172 valence electrons. The zero-order valence-electron chi connectivity index (χ0n) is 19.0. The molecule has 0 spiro atoms. The van der Waals surface area contributed by atoms with Gasteiger partial charge in [-0.3, -0.25) is 4.79 Å². The lowest BCUT2D eigenvalue weighted by molar-refractivity contribution is 0.0608. The Hall–Kier alpha value is -3.41. The number of nitrogens with zero attached hydrogens (tertiary/aromatic N) is 2. The third-order valence-electron chi connectivity index (χ3n) is 6.64. The standard InChI is InChI=1S/C27H30N2O4/c1-31-24-11-5-7-20(15-24)17-28-14-6-10-23(28)18-29(22-8-3-2-4-9-22)27(30)21-12-13-25-26(16-21)33-19-32-25/h5-7,10-16,22H,2-4,8-9,17-19H2,1H3. The monoisotopic (exact) mass is 446 g/mol. The van der Waals surface area contributed by atoms with E-state index in [2.05, 4.69) is 39.9 Å². The summed E-state index contributed by atoms with van der Waals surface area (Å²) in [6.45, 7) is 1.52. The molecule has 1 fully saturated rings. The second-order valence-corrected chi connectivity index (χ2v) is 8.77. The van der Waals surface area contributed by atoms with Crippen LogP contribution in [0.1, 0.15) is 53.7 Å². The first kappa shape index (κ1) is 21.4. The van der Waals surface area contributed by atoms with Crippen molar-refractivity contribution in [1.82, 2.24) is 9.47 Å². The topological polar surface area (TPSA) is 52.9 Å². The maximum atomic E-state index is 13.7. The van der Waals surface area contributed by atoms with Gasteiger partial charge in [-0.05, 0) is 60.9 Å². The summed E-state index contributed by atoms with van der Waals surface area (Å²) in [5.41, 5.74) is 2.94. The fourth-order valence-corrected chi connectivity index (χ4v) is 4.84. The molecule has 2 aliphatic rings. The molecule has 1 aliphatic carbocycles. The van der Waals surface area contributed by atoms with Crippen LogP contribution < -0.4 is 14.2 Å². The minimum Gasteiger partial charge on any atom is -0.497 e. The second kappa shape index (κ2) is 9.61. The molecule has 5 rings (SSSR count). The number of carbonyl (C=O) groups excluding carboxylic acids is 1. The summed E-state index contributed by atoms with van der Waals surface area (Å²) in [5.74, 6) is 2.24. The fraction of sp³-hybridized carbons (Fsp3) is 0.370. The Kier molecular flexibility index (Phi) is 6.24. The van der Waals surface area contributed by atoms with Gasteiger partial charge in [0.15, 0.2) is 11.5 Å². The van der Waals surface area contributed by atoms with Crippen LogP contribution in [0.4, 0.5) is 0 Å². The number of hydrogen-bond acceptors (Lipinski definition) is 4. The first-order valence-corrected chi connectivity index (χ1v) is 11.7. The van der Waals surface area contributed by atoms with Crippen LogP contribution in [0.15, 0.2) is 60.8 Å². The van der Waals surface area contributed by atoms with Crippen molar-refractivity contribution in [2.75, 3.05) is 13.9 Å². The van der Waals surface area contributed by atoms with Crippen molar-refractivity contribution in [2.45, 2.75) is 51.2 Å². The molecule has 0 unspecified atom stereocenters. The van der Waals surface area contributed by atoms with Crippen molar-refractivity contribution < 1.29 is 19.0 Å². The number of methoxy groups -OCH3 is 1. The van der Waals surface area contributed by atoms with Gasteiger partial charge in [0.05, 0.1) is 13.7 Å². The first-order chi connectivity index (χ1) is 16.2. The highest BCUT2D eigenvalue weighted by Crippen LogP contribution is 2.34. The van der Waals surface area contributed by atoms with Crippen LogP contribution in [-0.2, 0) is 13.1 Å². The lowest BCUT2D eigenvalue weighted by Crippen LogP contribution is -2.41. The molecule has 1 aliphatic heterocycles. The van der Waals surface area contributed by atoms with Gasteiger partial charge in [0, 0.05) is 30.0 Å². The molecular weight excluding hydrogens is 416 g/mol. The lowest BCUT2D eigenvalue weighted by atomic mass is 9.93. The smallest absolute Gasteiger partial charge is 0.254 e. The van der Waals surface area contributed by atoms with E-state index in [1.165, 1.54) is 19.3 Å². The number of carbonyl (C=O) groups is 1. The van der Waals surface area contributed by atoms with Crippen LogP contribution in [0, 0.1) is 0 Å². The Morgan fingerprint density at radius 1 is 1.03 bits per heavy atom. The molecule has 0 radical (unpaired) electrons. The minimum atomic E-state index is 0.0503. The van der Waals surface area contributed by atoms with Crippen LogP contribution in [0.2, 0.25) is 0 Å². The first-order valence-electron chi connectivity index (χ1n) is 11.7. The molecule has 2 aromatic carbocycles. The van der Waals surface area contributed by atoms with E-state index >= 15 is 0 Å². The normalized spacial score (nSPS) is 15.4. The van der Waals surface area contributed by atoms with Crippen LogP contribution in [0.5, 0.6) is 17.2 Å². The maximum Gasteiger partial charge on any atom is 0.254 e. The summed E-state index contributed by atoms with van der Waals surface area (Å²) in [6, 6.07) is 18.0. The number of aromatic nitrogens is 1. The van der Waals surface area contributed by atoms with Crippen molar-refractivity contribution in [3.8, 4) is 17.2 Å². The summed E-state index contributed by atoms with van der Waals surface area (Å²) in [6.07, 6.45) is 7.76. The van der Waals surface area contributed by atoms with E-state index in [9.17, 15) is 4.79 Å². The highest BCUT2D eigenvalue weighted by Gasteiger charge is 2.28. The lowest BCUT2D eigenvalue weighted by Gasteiger charge is -2.35. The molecule has 6 nitrogen and oxygen atoms in total. The van der Waals surface area contributed by atoms with Crippen molar-refractivity contribution in [2.24, 2.45) is 0 Å². The summed E-state index contributed by atoms with van der Waals surface area (Å²) in [4.78, 5) is 15.8. The third-order valence-corrected chi connectivity index (χ3v) is 6.64. The number of benzene rings is 2. The van der Waals surface area contributed by atoms with Gasteiger partial charge in [-0.2, -0.15) is 0 Å². The van der Waals surface area contributed by atoms with Crippen LogP contribution in [0.25, 0.3) is 0 Å². The van der Waals surface area contributed by atoms with Crippen LogP contribution >= 0.6 is 0 Å². The SMILES string of the molecule is COc1cccc(Cn2cccc2CN(C(=O)c2ccc3c(c2)OCO3)C2CCCCC2)c1. The molecule has 2 heterocycles. The Morgan fingerprint density at radius 2 is 1.88 bits per heavy atom. The van der Waals surface area contributed by atoms with Crippen LogP contribution in [0.3, 0.4) is 0 Å². The van der Waals surface area contributed by atoms with Gasteiger partial charge in [0.1, 0.15) is 5.75 Å². The number of rotatable bonds is 7. The van der Waals surface area contributed by atoms with Crippen LogP contribution in [-0.4, -0.2) is 35.3 Å². The van der Waals surface area contributed by atoms with Gasteiger partial charge in [-0.15, -0.1) is 0 Å². The summed E-state index contributed by atoms with van der Waals surface area (Å²) in [5, 5.41) is 0. The molecule has 33 heavy (non-hydrogen) atoms. The maximum absolute atomic E-state index is 13.7. The van der Waals surface area contributed by atoms with Crippen molar-refractivity contribution in [3.05, 3.63) is 77.6 Å². The molecule has 0 saturated heterocycles. The molecule has 3 aromatic rings. The van der Waals surface area contributed by atoms with E-state index in [0.29, 0.717) is 23.6 Å². The molecule has 0 N–H and O–H groups in total. The van der Waals surface area contributed by atoms with Gasteiger partial charge in [0.25, 0.3) is 5.91 Å².